The van der Waals surface area contributed by atoms with Crippen molar-refractivity contribution in [3.8, 4) is 5.75 Å². The first kappa shape index (κ1) is 16.3. The number of nitrogens with one attached hydrogen (secondary N) is 1. The summed E-state index contributed by atoms with van der Waals surface area (Å²) in [4.78, 5) is 17.1. The highest BCUT2D eigenvalue weighted by molar-refractivity contribution is 5.81. The summed E-state index contributed by atoms with van der Waals surface area (Å²) < 4.78 is 5.84. The van der Waals surface area contributed by atoms with E-state index < -0.39 is 6.10 Å². The monoisotopic (exact) mass is 317 g/mol. The summed E-state index contributed by atoms with van der Waals surface area (Å²) in [5, 5.41) is 3.38. The second-order valence-electron chi connectivity index (χ2n) is 6.59. The van der Waals surface area contributed by atoms with Crippen LogP contribution in [-0.2, 0) is 4.79 Å². The van der Waals surface area contributed by atoms with Gasteiger partial charge in [0.15, 0.2) is 6.10 Å². The molecule has 0 saturated carbocycles. The van der Waals surface area contributed by atoms with Gasteiger partial charge in [0.25, 0.3) is 5.91 Å². The van der Waals surface area contributed by atoms with Crippen molar-refractivity contribution >= 4 is 5.91 Å². The van der Waals surface area contributed by atoms with E-state index in [1.54, 1.807) is 0 Å². The Bertz CT molecular complexity index is 543. The number of aryl methyl sites for hydroxylation is 1. The predicted octanol–water partition coefficient (Wildman–Crippen LogP) is 1.27. The number of benzene rings is 1. The second kappa shape index (κ2) is 7.32. The zero-order valence-electron chi connectivity index (χ0n) is 14.1. The molecule has 0 bridgehead atoms. The molecule has 2 fully saturated rings. The van der Waals surface area contributed by atoms with E-state index in [1.165, 1.54) is 0 Å². The van der Waals surface area contributed by atoms with E-state index in [-0.39, 0.29) is 5.91 Å². The zero-order valence-corrected chi connectivity index (χ0v) is 14.1. The van der Waals surface area contributed by atoms with Crippen LogP contribution in [0, 0.1) is 6.92 Å². The van der Waals surface area contributed by atoms with Gasteiger partial charge in [-0.2, -0.15) is 0 Å². The summed E-state index contributed by atoms with van der Waals surface area (Å²) in [6, 6.07) is 8.37. The van der Waals surface area contributed by atoms with Crippen LogP contribution in [0.15, 0.2) is 24.3 Å². The van der Waals surface area contributed by atoms with E-state index in [0.29, 0.717) is 6.04 Å². The lowest BCUT2D eigenvalue weighted by molar-refractivity contribution is -0.137. The van der Waals surface area contributed by atoms with Gasteiger partial charge in [-0.1, -0.05) is 12.1 Å². The van der Waals surface area contributed by atoms with Crippen LogP contribution in [-0.4, -0.2) is 67.1 Å². The SMILES string of the molecule is Cc1cccc(OC(C)C(=O)N2CCC(N3CCNCC3)C2)c1. The Morgan fingerprint density at radius 3 is 2.83 bits per heavy atom. The average Bonchev–Trinajstić information content (AvgIpc) is 3.05. The van der Waals surface area contributed by atoms with Gasteiger partial charge in [-0.3, -0.25) is 9.69 Å². The van der Waals surface area contributed by atoms with E-state index in [2.05, 4.69) is 10.2 Å². The number of hydrogen-bond acceptors (Lipinski definition) is 4. The maximum atomic E-state index is 12.6. The number of piperazine rings is 1. The molecule has 2 heterocycles. The van der Waals surface area contributed by atoms with Crippen LogP contribution in [0.25, 0.3) is 0 Å². The average molecular weight is 317 g/mol. The summed E-state index contributed by atoms with van der Waals surface area (Å²) in [5.74, 6) is 0.868. The summed E-state index contributed by atoms with van der Waals surface area (Å²) in [5.41, 5.74) is 1.14. The van der Waals surface area contributed by atoms with Gasteiger partial charge in [0.2, 0.25) is 0 Å². The zero-order chi connectivity index (χ0) is 16.2. The van der Waals surface area contributed by atoms with Gasteiger partial charge in [-0.15, -0.1) is 0 Å². The van der Waals surface area contributed by atoms with Gasteiger partial charge in [-0.05, 0) is 38.0 Å². The topological polar surface area (TPSA) is 44.8 Å². The Morgan fingerprint density at radius 2 is 2.09 bits per heavy atom. The second-order valence-corrected chi connectivity index (χ2v) is 6.59. The minimum absolute atomic E-state index is 0.101. The van der Waals surface area contributed by atoms with Crippen molar-refractivity contribution in [3.05, 3.63) is 29.8 Å². The molecule has 3 rings (SSSR count). The van der Waals surface area contributed by atoms with Crippen LogP contribution < -0.4 is 10.1 Å². The number of hydrogen-bond donors (Lipinski definition) is 1. The van der Waals surface area contributed by atoms with Gasteiger partial charge < -0.3 is 15.0 Å². The Balaban J connectivity index is 1.53. The first-order valence-electron chi connectivity index (χ1n) is 8.60. The number of likely N-dealkylation sites (tertiary alicyclic amines) is 1. The number of carbonyl (C=O) groups excluding carboxylic acids is 1. The van der Waals surface area contributed by atoms with Crippen LogP contribution in [0.4, 0.5) is 0 Å². The first-order chi connectivity index (χ1) is 11.1. The largest absolute Gasteiger partial charge is 0.481 e. The van der Waals surface area contributed by atoms with Gasteiger partial charge in [-0.25, -0.2) is 0 Å². The normalized spacial score (nSPS) is 23.7. The van der Waals surface area contributed by atoms with Crippen molar-refractivity contribution in [2.24, 2.45) is 0 Å². The van der Waals surface area contributed by atoms with Gasteiger partial charge >= 0.3 is 0 Å². The molecule has 0 aliphatic carbocycles. The predicted molar refractivity (Wildman–Crippen MR) is 90.7 cm³/mol. The Labute approximate surface area is 138 Å². The van der Waals surface area contributed by atoms with Crippen LogP contribution in [0.3, 0.4) is 0 Å². The van der Waals surface area contributed by atoms with E-state index in [4.69, 9.17) is 4.74 Å². The Morgan fingerprint density at radius 1 is 1.30 bits per heavy atom. The number of carbonyl (C=O) groups is 1. The molecule has 5 nitrogen and oxygen atoms in total. The molecule has 2 aliphatic rings. The number of ether oxygens (including phenoxy) is 1. The van der Waals surface area contributed by atoms with Crippen LogP contribution >= 0.6 is 0 Å². The molecule has 0 spiro atoms. The maximum absolute atomic E-state index is 12.6. The fourth-order valence-corrected chi connectivity index (χ4v) is 3.49. The first-order valence-corrected chi connectivity index (χ1v) is 8.60. The van der Waals surface area contributed by atoms with Crippen molar-refractivity contribution in [1.29, 1.82) is 0 Å². The van der Waals surface area contributed by atoms with E-state index in [0.717, 1.165) is 57.0 Å². The molecule has 2 unspecified atom stereocenters. The van der Waals surface area contributed by atoms with Crippen LogP contribution in [0.2, 0.25) is 0 Å². The van der Waals surface area contributed by atoms with E-state index in [9.17, 15) is 4.79 Å². The highest BCUT2D eigenvalue weighted by Gasteiger charge is 2.33. The smallest absolute Gasteiger partial charge is 0.263 e. The third-order valence-electron chi connectivity index (χ3n) is 4.79. The molecule has 1 N–H and O–H groups in total. The number of nitrogens with zero attached hydrogens (tertiary/aromatic N) is 2. The highest BCUT2D eigenvalue weighted by Crippen LogP contribution is 2.19. The Hall–Kier alpha value is -1.59. The fourth-order valence-electron chi connectivity index (χ4n) is 3.49. The molecule has 1 amide bonds. The molecule has 126 valence electrons. The third-order valence-corrected chi connectivity index (χ3v) is 4.79. The minimum atomic E-state index is -0.432. The molecule has 1 aromatic rings. The maximum Gasteiger partial charge on any atom is 0.263 e. The molecule has 0 radical (unpaired) electrons. The van der Waals surface area contributed by atoms with E-state index in [1.807, 2.05) is 43.0 Å². The third kappa shape index (κ3) is 4.03. The van der Waals surface area contributed by atoms with Crippen LogP contribution in [0.1, 0.15) is 18.9 Å². The molecule has 1 aromatic carbocycles. The molecule has 2 atom stereocenters. The lowest BCUT2D eigenvalue weighted by atomic mass is 10.2. The van der Waals surface area contributed by atoms with Crippen molar-refractivity contribution in [2.75, 3.05) is 39.3 Å². The standard InChI is InChI=1S/C18H27N3O2/c1-14-4-3-5-17(12-14)23-15(2)18(22)21-9-6-16(13-21)20-10-7-19-8-11-20/h3-5,12,15-16,19H,6-11,13H2,1-2H3. The summed E-state index contributed by atoms with van der Waals surface area (Å²) >= 11 is 0. The van der Waals surface area contributed by atoms with Crippen molar-refractivity contribution < 1.29 is 9.53 Å². The van der Waals surface area contributed by atoms with Crippen molar-refractivity contribution in [1.82, 2.24) is 15.1 Å². The van der Waals surface area contributed by atoms with Crippen molar-refractivity contribution in [2.45, 2.75) is 32.4 Å². The molecule has 5 heteroatoms. The molecule has 2 aliphatic heterocycles. The lowest BCUT2D eigenvalue weighted by Gasteiger charge is -2.32. The molecule has 2 saturated heterocycles. The molecule has 0 aromatic heterocycles. The van der Waals surface area contributed by atoms with Crippen LogP contribution in [0.5, 0.6) is 5.75 Å². The highest BCUT2D eigenvalue weighted by atomic mass is 16.5. The molecular formula is C18H27N3O2. The van der Waals surface area contributed by atoms with E-state index >= 15 is 0 Å². The van der Waals surface area contributed by atoms with Gasteiger partial charge in [0, 0.05) is 45.3 Å². The van der Waals surface area contributed by atoms with Gasteiger partial charge in [0.05, 0.1) is 0 Å². The summed E-state index contributed by atoms with van der Waals surface area (Å²) in [6.07, 6.45) is 0.640. The molecular weight excluding hydrogens is 290 g/mol. The summed E-state index contributed by atoms with van der Waals surface area (Å²) in [6.45, 7) is 9.83. The lowest BCUT2D eigenvalue weighted by Crippen LogP contribution is -2.50. The van der Waals surface area contributed by atoms with Crippen molar-refractivity contribution in [3.63, 3.8) is 0 Å². The Kier molecular flexibility index (Phi) is 5.18. The fraction of sp³-hybridized carbons (Fsp3) is 0.611. The minimum Gasteiger partial charge on any atom is -0.481 e. The molecule has 23 heavy (non-hydrogen) atoms. The number of amides is 1. The quantitative estimate of drug-likeness (QED) is 0.908. The summed E-state index contributed by atoms with van der Waals surface area (Å²) in [7, 11) is 0. The van der Waals surface area contributed by atoms with Gasteiger partial charge in [0.1, 0.15) is 5.75 Å². The number of rotatable bonds is 4.